The van der Waals surface area contributed by atoms with E-state index in [1.54, 1.807) is 0 Å². The van der Waals surface area contributed by atoms with Gasteiger partial charge in [0.15, 0.2) is 0 Å². The molecule has 1 heterocycles. The molecule has 0 bridgehead atoms. The van der Waals surface area contributed by atoms with Crippen LogP contribution in [0.5, 0.6) is 0 Å². The zero-order valence-corrected chi connectivity index (χ0v) is 12.3. The highest BCUT2D eigenvalue weighted by atomic mass is 15.2. The fourth-order valence-electron chi connectivity index (χ4n) is 3.50. The van der Waals surface area contributed by atoms with Crippen LogP contribution in [0.2, 0.25) is 0 Å². The molecule has 1 atom stereocenters. The molecule has 2 fully saturated rings. The van der Waals surface area contributed by atoms with E-state index in [-0.39, 0.29) is 0 Å². The van der Waals surface area contributed by atoms with Crippen molar-refractivity contribution in [2.24, 2.45) is 11.8 Å². The molecule has 0 aromatic heterocycles. The van der Waals surface area contributed by atoms with Crippen LogP contribution >= 0.6 is 0 Å². The fourth-order valence-corrected chi connectivity index (χ4v) is 3.50. The molecule has 1 saturated heterocycles. The normalized spacial score (nSPS) is 26.5. The highest BCUT2D eigenvalue weighted by Gasteiger charge is 2.20. The average molecular weight is 253 g/mol. The molecule has 2 rings (SSSR count). The first kappa shape index (κ1) is 14.3. The Morgan fingerprint density at radius 1 is 1.17 bits per heavy atom. The van der Waals surface area contributed by atoms with E-state index >= 15 is 0 Å². The third-order valence-electron chi connectivity index (χ3n) is 4.64. The zero-order chi connectivity index (χ0) is 12.8. The molecule has 106 valence electrons. The smallest absolute Gasteiger partial charge is 0.0104 e. The number of nitrogens with zero attached hydrogens (tertiary/aromatic N) is 2. The Morgan fingerprint density at radius 3 is 2.61 bits per heavy atom. The summed E-state index contributed by atoms with van der Waals surface area (Å²) in [6.45, 7) is 7.47. The molecule has 1 aliphatic heterocycles. The third kappa shape index (κ3) is 4.87. The van der Waals surface area contributed by atoms with Gasteiger partial charge in [0.2, 0.25) is 0 Å². The topological polar surface area (TPSA) is 18.5 Å². The average Bonchev–Trinajstić information content (AvgIpc) is 2.96. The van der Waals surface area contributed by atoms with Gasteiger partial charge in [0, 0.05) is 26.2 Å². The molecule has 0 aromatic rings. The van der Waals surface area contributed by atoms with E-state index in [1.807, 2.05) is 0 Å². The number of likely N-dealkylation sites (tertiary alicyclic amines) is 1. The largest absolute Gasteiger partial charge is 0.315 e. The SMILES string of the molecule is CN(CCNCC1CCCC1)CC1CCN(C)C1. The lowest BCUT2D eigenvalue weighted by Crippen LogP contribution is -2.34. The predicted molar refractivity (Wildman–Crippen MR) is 77.9 cm³/mol. The van der Waals surface area contributed by atoms with E-state index in [0.29, 0.717) is 0 Å². The van der Waals surface area contributed by atoms with Gasteiger partial charge in [-0.3, -0.25) is 0 Å². The molecular formula is C15H31N3. The Hall–Kier alpha value is -0.120. The van der Waals surface area contributed by atoms with E-state index in [2.05, 4.69) is 29.2 Å². The van der Waals surface area contributed by atoms with Crippen LogP contribution < -0.4 is 5.32 Å². The van der Waals surface area contributed by atoms with E-state index in [1.165, 1.54) is 64.8 Å². The highest BCUT2D eigenvalue weighted by Crippen LogP contribution is 2.23. The van der Waals surface area contributed by atoms with Gasteiger partial charge in [-0.1, -0.05) is 12.8 Å². The van der Waals surface area contributed by atoms with Gasteiger partial charge < -0.3 is 15.1 Å². The molecule has 1 aliphatic carbocycles. The second-order valence-corrected chi connectivity index (χ2v) is 6.53. The van der Waals surface area contributed by atoms with Gasteiger partial charge >= 0.3 is 0 Å². The Morgan fingerprint density at radius 2 is 1.94 bits per heavy atom. The molecular weight excluding hydrogens is 222 g/mol. The van der Waals surface area contributed by atoms with Gasteiger partial charge in [-0.2, -0.15) is 0 Å². The Labute approximate surface area is 113 Å². The van der Waals surface area contributed by atoms with Gasteiger partial charge in [-0.15, -0.1) is 0 Å². The van der Waals surface area contributed by atoms with Gasteiger partial charge in [0.25, 0.3) is 0 Å². The molecule has 0 spiro atoms. The molecule has 2 aliphatic rings. The maximum atomic E-state index is 3.64. The molecule has 0 amide bonds. The van der Waals surface area contributed by atoms with Crippen molar-refractivity contribution in [3.05, 3.63) is 0 Å². The quantitative estimate of drug-likeness (QED) is 0.696. The van der Waals surface area contributed by atoms with Gasteiger partial charge in [0.1, 0.15) is 0 Å². The summed E-state index contributed by atoms with van der Waals surface area (Å²) < 4.78 is 0. The molecule has 0 aromatic carbocycles. The van der Waals surface area contributed by atoms with Crippen LogP contribution in [0, 0.1) is 11.8 Å². The zero-order valence-electron chi connectivity index (χ0n) is 12.3. The highest BCUT2D eigenvalue weighted by molar-refractivity contribution is 4.75. The molecule has 1 unspecified atom stereocenters. The van der Waals surface area contributed by atoms with Crippen LogP contribution in [0.1, 0.15) is 32.1 Å². The molecule has 0 radical (unpaired) electrons. The first-order valence-corrected chi connectivity index (χ1v) is 7.82. The van der Waals surface area contributed by atoms with Crippen LogP contribution in [-0.2, 0) is 0 Å². The summed E-state index contributed by atoms with van der Waals surface area (Å²) in [5.74, 6) is 1.87. The lowest BCUT2D eigenvalue weighted by atomic mass is 10.1. The Kier molecular flexibility index (Phi) is 5.93. The van der Waals surface area contributed by atoms with Crippen molar-refractivity contribution in [2.75, 3.05) is 53.4 Å². The van der Waals surface area contributed by atoms with E-state index in [0.717, 1.165) is 18.4 Å². The standard InChI is InChI=1S/C15H31N3/c1-17-9-7-15(12-17)13-18(2)10-8-16-11-14-5-3-4-6-14/h14-16H,3-13H2,1-2H3. The maximum absolute atomic E-state index is 3.64. The molecule has 1 N–H and O–H groups in total. The number of likely N-dealkylation sites (N-methyl/N-ethyl adjacent to an activating group) is 1. The van der Waals surface area contributed by atoms with Gasteiger partial charge in [0.05, 0.1) is 0 Å². The number of rotatable bonds is 7. The summed E-state index contributed by atoms with van der Waals surface area (Å²) in [7, 11) is 4.51. The van der Waals surface area contributed by atoms with Crippen LogP contribution in [-0.4, -0.2) is 63.2 Å². The lowest BCUT2D eigenvalue weighted by molar-refractivity contribution is 0.271. The summed E-state index contributed by atoms with van der Waals surface area (Å²) in [4.78, 5) is 4.96. The molecule has 3 nitrogen and oxygen atoms in total. The number of hydrogen-bond acceptors (Lipinski definition) is 3. The second-order valence-electron chi connectivity index (χ2n) is 6.53. The second kappa shape index (κ2) is 7.46. The van der Waals surface area contributed by atoms with Crippen molar-refractivity contribution in [3.8, 4) is 0 Å². The molecule has 1 saturated carbocycles. The van der Waals surface area contributed by atoms with Crippen molar-refractivity contribution < 1.29 is 0 Å². The summed E-state index contributed by atoms with van der Waals surface area (Å²) in [6, 6.07) is 0. The fraction of sp³-hybridized carbons (Fsp3) is 1.00. The van der Waals surface area contributed by atoms with Crippen molar-refractivity contribution in [1.29, 1.82) is 0 Å². The van der Waals surface area contributed by atoms with Crippen LogP contribution in [0.25, 0.3) is 0 Å². The van der Waals surface area contributed by atoms with E-state index < -0.39 is 0 Å². The minimum absolute atomic E-state index is 0.898. The van der Waals surface area contributed by atoms with E-state index in [9.17, 15) is 0 Å². The van der Waals surface area contributed by atoms with E-state index in [4.69, 9.17) is 0 Å². The van der Waals surface area contributed by atoms with Crippen molar-refractivity contribution >= 4 is 0 Å². The van der Waals surface area contributed by atoms with Gasteiger partial charge in [-0.25, -0.2) is 0 Å². The minimum Gasteiger partial charge on any atom is -0.315 e. The number of nitrogens with one attached hydrogen (secondary N) is 1. The number of hydrogen-bond donors (Lipinski definition) is 1. The summed E-state index contributed by atoms with van der Waals surface area (Å²) in [6.07, 6.45) is 7.22. The molecule has 3 heteroatoms. The lowest BCUT2D eigenvalue weighted by Gasteiger charge is -2.21. The monoisotopic (exact) mass is 253 g/mol. The maximum Gasteiger partial charge on any atom is 0.0104 e. The predicted octanol–water partition coefficient (Wildman–Crippen LogP) is 1.65. The van der Waals surface area contributed by atoms with Crippen molar-refractivity contribution in [3.63, 3.8) is 0 Å². The first-order chi connectivity index (χ1) is 8.74. The summed E-state index contributed by atoms with van der Waals surface area (Å²) >= 11 is 0. The van der Waals surface area contributed by atoms with Crippen molar-refractivity contribution in [1.82, 2.24) is 15.1 Å². The van der Waals surface area contributed by atoms with Crippen LogP contribution in [0.4, 0.5) is 0 Å². The minimum atomic E-state index is 0.898. The van der Waals surface area contributed by atoms with Gasteiger partial charge in [-0.05, 0) is 58.3 Å². The van der Waals surface area contributed by atoms with Crippen molar-refractivity contribution in [2.45, 2.75) is 32.1 Å². The Bertz CT molecular complexity index is 226. The Balaban J connectivity index is 1.48. The van der Waals surface area contributed by atoms with Crippen LogP contribution in [0.15, 0.2) is 0 Å². The van der Waals surface area contributed by atoms with Crippen LogP contribution in [0.3, 0.4) is 0 Å². The molecule has 18 heavy (non-hydrogen) atoms. The summed E-state index contributed by atoms with van der Waals surface area (Å²) in [5.41, 5.74) is 0. The summed E-state index contributed by atoms with van der Waals surface area (Å²) in [5, 5.41) is 3.64. The first-order valence-electron chi connectivity index (χ1n) is 7.82. The third-order valence-corrected chi connectivity index (χ3v) is 4.64.